The zero-order valence-electron chi connectivity index (χ0n) is 17.9. The van der Waals surface area contributed by atoms with Crippen molar-refractivity contribution in [1.82, 2.24) is 14.9 Å². The van der Waals surface area contributed by atoms with Crippen molar-refractivity contribution in [2.75, 3.05) is 6.54 Å². The predicted octanol–water partition coefficient (Wildman–Crippen LogP) is 5.03. The van der Waals surface area contributed by atoms with Crippen molar-refractivity contribution in [2.45, 2.75) is 58.4 Å². The molecule has 0 aliphatic rings. The first-order valence-electron chi connectivity index (χ1n) is 11.0. The quantitative estimate of drug-likeness (QED) is 0.481. The number of aromatic amines is 1. The standard InChI is InChI=1S/C25H31N3O2/c1-3-5-7-16-23(29)28(18-17-19-12-8-6-9-13-19)22(4-2)24-26-21-15-11-10-14-20(21)25(30)27-24/h6,8-15,22H,3-5,7,16-18H2,1-2H3,(H,26,27,30)/t22-/m1/s1. The number of aromatic nitrogens is 2. The smallest absolute Gasteiger partial charge is 0.258 e. The summed E-state index contributed by atoms with van der Waals surface area (Å²) >= 11 is 0. The highest BCUT2D eigenvalue weighted by atomic mass is 16.2. The minimum Gasteiger partial charge on any atom is -0.332 e. The number of rotatable bonds is 10. The lowest BCUT2D eigenvalue weighted by Gasteiger charge is -2.31. The van der Waals surface area contributed by atoms with Gasteiger partial charge in [0.2, 0.25) is 5.91 Å². The highest BCUT2D eigenvalue weighted by Gasteiger charge is 2.25. The van der Waals surface area contributed by atoms with Gasteiger partial charge in [-0.25, -0.2) is 4.98 Å². The summed E-state index contributed by atoms with van der Waals surface area (Å²) in [7, 11) is 0. The fourth-order valence-electron chi connectivity index (χ4n) is 3.84. The Morgan fingerprint density at radius 1 is 1.03 bits per heavy atom. The molecule has 0 saturated heterocycles. The number of carbonyl (C=O) groups excluding carboxylic acids is 1. The van der Waals surface area contributed by atoms with Gasteiger partial charge in [-0.15, -0.1) is 0 Å². The Morgan fingerprint density at radius 3 is 2.50 bits per heavy atom. The average Bonchev–Trinajstić information content (AvgIpc) is 2.77. The molecule has 1 amide bonds. The number of para-hydroxylation sites is 1. The van der Waals surface area contributed by atoms with Crippen LogP contribution in [0.5, 0.6) is 0 Å². The number of nitrogens with one attached hydrogen (secondary N) is 1. The molecule has 0 unspecified atom stereocenters. The second-order valence-electron chi connectivity index (χ2n) is 7.67. The zero-order chi connectivity index (χ0) is 21.3. The lowest BCUT2D eigenvalue weighted by Crippen LogP contribution is -2.37. The molecule has 1 heterocycles. The average molecular weight is 406 g/mol. The van der Waals surface area contributed by atoms with Crippen LogP contribution in [0.1, 0.15) is 63.4 Å². The number of fused-ring (bicyclic) bond motifs is 1. The van der Waals surface area contributed by atoms with Gasteiger partial charge in [0.15, 0.2) is 0 Å². The molecule has 0 aliphatic heterocycles. The van der Waals surface area contributed by atoms with Gasteiger partial charge in [-0.3, -0.25) is 9.59 Å². The first-order chi connectivity index (χ1) is 14.6. The fraction of sp³-hybridized carbons (Fsp3) is 0.400. The van der Waals surface area contributed by atoms with E-state index in [9.17, 15) is 9.59 Å². The molecule has 2 aromatic carbocycles. The van der Waals surface area contributed by atoms with E-state index in [1.165, 1.54) is 5.56 Å². The van der Waals surface area contributed by atoms with E-state index >= 15 is 0 Å². The summed E-state index contributed by atoms with van der Waals surface area (Å²) < 4.78 is 0. The molecule has 1 atom stereocenters. The normalized spacial score (nSPS) is 12.1. The lowest BCUT2D eigenvalue weighted by molar-refractivity contribution is -0.134. The lowest BCUT2D eigenvalue weighted by atomic mass is 10.1. The highest BCUT2D eigenvalue weighted by Crippen LogP contribution is 2.24. The van der Waals surface area contributed by atoms with Crippen LogP contribution >= 0.6 is 0 Å². The molecule has 158 valence electrons. The Bertz CT molecular complexity index is 1010. The van der Waals surface area contributed by atoms with Crippen molar-refractivity contribution < 1.29 is 4.79 Å². The molecule has 5 heteroatoms. The molecule has 0 spiro atoms. The van der Waals surface area contributed by atoms with E-state index in [0.717, 1.165) is 25.7 Å². The van der Waals surface area contributed by atoms with Crippen molar-refractivity contribution in [3.8, 4) is 0 Å². The third kappa shape index (κ3) is 5.35. The third-order valence-corrected chi connectivity index (χ3v) is 5.51. The van der Waals surface area contributed by atoms with Crippen LogP contribution in [-0.2, 0) is 11.2 Å². The van der Waals surface area contributed by atoms with Crippen LogP contribution in [0.15, 0.2) is 59.4 Å². The number of H-pyrrole nitrogens is 1. The Labute approximate surface area is 178 Å². The molecule has 3 rings (SSSR count). The Kier molecular flexibility index (Phi) is 7.77. The summed E-state index contributed by atoms with van der Waals surface area (Å²) in [6, 6.07) is 17.3. The second-order valence-corrected chi connectivity index (χ2v) is 7.67. The summed E-state index contributed by atoms with van der Waals surface area (Å²) in [6.07, 6.45) is 4.99. The van der Waals surface area contributed by atoms with Gasteiger partial charge in [-0.2, -0.15) is 0 Å². The summed E-state index contributed by atoms with van der Waals surface area (Å²) in [5, 5.41) is 0.571. The van der Waals surface area contributed by atoms with E-state index in [1.807, 2.05) is 48.2 Å². The van der Waals surface area contributed by atoms with Crippen molar-refractivity contribution in [2.24, 2.45) is 0 Å². The predicted molar refractivity (Wildman–Crippen MR) is 121 cm³/mol. The van der Waals surface area contributed by atoms with Crippen LogP contribution < -0.4 is 5.56 Å². The maximum Gasteiger partial charge on any atom is 0.258 e. The van der Waals surface area contributed by atoms with Gasteiger partial charge in [-0.05, 0) is 37.0 Å². The molecule has 3 aromatic rings. The first-order valence-corrected chi connectivity index (χ1v) is 11.0. The second kappa shape index (κ2) is 10.7. The number of amides is 1. The van der Waals surface area contributed by atoms with Crippen LogP contribution in [-0.4, -0.2) is 27.3 Å². The maximum absolute atomic E-state index is 13.2. The molecule has 5 nitrogen and oxygen atoms in total. The topological polar surface area (TPSA) is 66.1 Å². The molecule has 0 radical (unpaired) electrons. The van der Waals surface area contributed by atoms with E-state index in [2.05, 4.69) is 24.0 Å². The summed E-state index contributed by atoms with van der Waals surface area (Å²) in [5.41, 5.74) is 1.70. The number of hydrogen-bond acceptors (Lipinski definition) is 3. The third-order valence-electron chi connectivity index (χ3n) is 5.51. The van der Waals surface area contributed by atoms with Gasteiger partial charge in [0.05, 0.1) is 16.9 Å². The highest BCUT2D eigenvalue weighted by molar-refractivity contribution is 5.78. The Balaban J connectivity index is 1.90. The molecule has 1 aromatic heterocycles. The van der Waals surface area contributed by atoms with Crippen LogP contribution in [0.3, 0.4) is 0 Å². The maximum atomic E-state index is 13.2. The van der Waals surface area contributed by atoms with E-state index in [-0.39, 0.29) is 17.5 Å². The minimum absolute atomic E-state index is 0.127. The Morgan fingerprint density at radius 2 is 1.77 bits per heavy atom. The van der Waals surface area contributed by atoms with Gasteiger partial charge in [0.1, 0.15) is 5.82 Å². The number of nitrogens with zero attached hydrogens (tertiary/aromatic N) is 2. The van der Waals surface area contributed by atoms with E-state index in [0.29, 0.717) is 36.1 Å². The van der Waals surface area contributed by atoms with E-state index < -0.39 is 0 Å². The van der Waals surface area contributed by atoms with Gasteiger partial charge >= 0.3 is 0 Å². The van der Waals surface area contributed by atoms with Crippen LogP contribution in [0, 0.1) is 0 Å². The Hall–Kier alpha value is -2.95. The summed E-state index contributed by atoms with van der Waals surface area (Å²) in [6.45, 7) is 4.77. The molecule has 0 aliphatic carbocycles. The van der Waals surface area contributed by atoms with E-state index in [4.69, 9.17) is 4.98 Å². The van der Waals surface area contributed by atoms with Crippen molar-refractivity contribution in [3.05, 3.63) is 76.3 Å². The van der Waals surface area contributed by atoms with Gasteiger partial charge in [-0.1, -0.05) is 69.2 Å². The minimum atomic E-state index is -0.250. The van der Waals surface area contributed by atoms with E-state index in [1.54, 1.807) is 6.07 Å². The molecular formula is C25H31N3O2. The molecule has 1 N–H and O–H groups in total. The van der Waals surface area contributed by atoms with Crippen LogP contribution in [0.4, 0.5) is 0 Å². The summed E-state index contributed by atoms with van der Waals surface area (Å²) in [5.74, 6) is 0.695. The molecule has 0 bridgehead atoms. The molecule has 0 fully saturated rings. The monoisotopic (exact) mass is 405 g/mol. The SMILES string of the molecule is CCCCCC(=O)N(CCc1ccccc1)[C@H](CC)c1nc2ccccc2c(=O)[nH]1. The molecule has 0 saturated carbocycles. The molecule has 30 heavy (non-hydrogen) atoms. The summed E-state index contributed by atoms with van der Waals surface area (Å²) in [4.78, 5) is 35.3. The number of hydrogen-bond donors (Lipinski definition) is 1. The number of unbranched alkanes of at least 4 members (excludes halogenated alkanes) is 2. The van der Waals surface area contributed by atoms with Gasteiger partial charge in [0.25, 0.3) is 5.56 Å². The zero-order valence-corrected chi connectivity index (χ0v) is 17.9. The van der Waals surface area contributed by atoms with Gasteiger partial charge in [0, 0.05) is 13.0 Å². The van der Waals surface area contributed by atoms with Crippen LogP contribution in [0.25, 0.3) is 10.9 Å². The van der Waals surface area contributed by atoms with Crippen molar-refractivity contribution >= 4 is 16.8 Å². The molecular weight excluding hydrogens is 374 g/mol. The first kappa shape index (κ1) is 21.8. The van der Waals surface area contributed by atoms with Gasteiger partial charge < -0.3 is 9.88 Å². The largest absolute Gasteiger partial charge is 0.332 e. The van der Waals surface area contributed by atoms with Crippen LogP contribution in [0.2, 0.25) is 0 Å². The number of carbonyl (C=O) groups is 1. The van der Waals surface area contributed by atoms with Crippen molar-refractivity contribution in [3.63, 3.8) is 0 Å². The van der Waals surface area contributed by atoms with Crippen molar-refractivity contribution in [1.29, 1.82) is 0 Å². The number of benzene rings is 2. The fourth-order valence-corrected chi connectivity index (χ4v) is 3.84.